The largest absolute Gasteiger partial charge is 0.416 e. The van der Waals surface area contributed by atoms with E-state index in [0.717, 1.165) is 24.3 Å². The molecule has 0 unspecified atom stereocenters. The van der Waals surface area contributed by atoms with Crippen molar-refractivity contribution in [2.45, 2.75) is 49.5 Å². The summed E-state index contributed by atoms with van der Waals surface area (Å²) in [6, 6.07) is 7.77. The van der Waals surface area contributed by atoms with Crippen molar-refractivity contribution < 1.29 is 41.1 Å². The van der Waals surface area contributed by atoms with E-state index in [1.165, 1.54) is 18.2 Å². The van der Waals surface area contributed by atoms with E-state index in [-0.39, 0.29) is 38.3 Å². The molecule has 4 N–H and O–H groups in total. The van der Waals surface area contributed by atoms with Crippen molar-refractivity contribution in [3.8, 4) is 5.75 Å². The number of hydrogen-bond donors (Lipinski definition) is 3. The van der Waals surface area contributed by atoms with Gasteiger partial charge >= 0.3 is 12.3 Å². The van der Waals surface area contributed by atoms with Crippen LogP contribution >= 0.6 is 50.7 Å². The number of halogens is 9. The molecule has 0 atom stereocenters. The number of amides is 3. The summed E-state index contributed by atoms with van der Waals surface area (Å²) in [5, 5.41) is 4.67. The molecule has 16 heteroatoms. The summed E-state index contributed by atoms with van der Waals surface area (Å²) in [4.78, 5) is 37.2. The molecule has 3 amide bonds. The molecule has 0 heterocycles. The number of ether oxygens (including phenoxy) is 1. The van der Waals surface area contributed by atoms with Gasteiger partial charge in [-0.25, -0.2) is 13.6 Å². The Morgan fingerprint density at radius 3 is 2.20 bits per heavy atom. The van der Waals surface area contributed by atoms with Gasteiger partial charge in [-0.15, -0.1) is 23.2 Å². The molecular formula is C29H24BrCl3F5N3O4. The summed E-state index contributed by atoms with van der Waals surface area (Å²) in [5.74, 6) is -5.49. The van der Waals surface area contributed by atoms with Crippen molar-refractivity contribution in [3.63, 3.8) is 0 Å². The van der Waals surface area contributed by atoms with E-state index >= 15 is 4.39 Å². The van der Waals surface area contributed by atoms with E-state index < -0.39 is 68.9 Å². The zero-order valence-corrected chi connectivity index (χ0v) is 27.4. The summed E-state index contributed by atoms with van der Waals surface area (Å²) in [6.07, 6.45) is -6.99. The second-order valence-corrected chi connectivity index (χ2v) is 13.8. The van der Waals surface area contributed by atoms with Gasteiger partial charge in [0.15, 0.2) is 11.6 Å². The van der Waals surface area contributed by atoms with Crippen LogP contribution in [0.15, 0.2) is 46.9 Å². The fourth-order valence-electron chi connectivity index (χ4n) is 4.18. The SMILES string of the molecule is CC(C)(C)c1cc(F)c(OC(N)=O)c(F)c1NC(=O)c1cc(NC(=O)CC(Cl)(Cl)Cc2cc(Br)cc(C(F)(F)F)c2)ccc1Cl. The van der Waals surface area contributed by atoms with Gasteiger partial charge in [0.05, 0.1) is 28.3 Å². The first-order valence-corrected chi connectivity index (χ1v) is 14.6. The molecule has 0 fully saturated rings. The second kappa shape index (κ2) is 13.7. The maximum atomic E-state index is 15.4. The number of benzene rings is 3. The summed E-state index contributed by atoms with van der Waals surface area (Å²) in [7, 11) is 0. The lowest BCUT2D eigenvalue weighted by molar-refractivity contribution is -0.137. The third-order valence-corrected chi connectivity index (χ3v) is 7.41. The molecule has 0 bridgehead atoms. The fourth-order valence-corrected chi connectivity index (χ4v) is 5.48. The quantitative estimate of drug-likeness (QED) is 0.157. The van der Waals surface area contributed by atoms with Crippen molar-refractivity contribution in [1.82, 2.24) is 0 Å². The third-order valence-electron chi connectivity index (χ3n) is 6.09. The maximum Gasteiger partial charge on any atom is 0.416 e. The van der Waals surface area contributed by atoms with Crippen LogP contribution in [0.1, 0.15) is 54.2 Å². The highest BCUT2D eigenvalue weighted by Crippen LogP contribution is 2.39. The van der Waals surface area contributed by atoms with Crippen LogP contribution in [0.2, 0.25) is 5.02 Å². The number of hydrogen-bond acceptors (Lipinski definition) is 4. The molecule has 0 saturated carbocycles. The minimum Gasteiger partial charge on any atom is -0.404 e. The van der Waals surface area contributed by atoms with E-state index in [9.17, 15) is 31.9 Å². The summed E-state index contributed by atoms with van der Waals surface area (Å²) in [5.41, 5.74) is 2.49. The first-order valence-electron chi connectivity index (χ1n) is 12.7. The van der Waals surface area contributed by atoms with Crippen LogP contribution in [0.5, 0.6) is 5.75 Å². The first kappa shape index (κ1) is 36.3. The zero-order valence-electron chi connectivity index (χ0n) is 23.6. The average molecular weight is 760 g/mol. The van der Waals surface area contributed by atoms with Crippen molar-refractivity contribution in [3.05, 3.63) is 85.8 Å². The molecule has 3 aromatic rings. The van der Waals surface area contributed by atoms with Gasteiger partial charge in [-0.2, -0.15) is 13.2 Å². The van der Waals surface area contributed by atoms with E-state index in [0.29, 0.717) is 0 Å². The molecular weight excluding hydrogens is 736 g/mol. The normalized spacial score (nSPS) is 12.1. The summed E-state index contributed by atoms with van der Waals surface area (Å²) >= 11 is 21.8. The smallest absolute Gasteiger partial charge is 0.404 e. The molecule has 7 nitrogen and oxygen atoms in total. The molecule has 0 aliphatic carbocycles. The highest BCUT2D eigenvalue weighted by atomic mass is 79.9. The van der Waals surface area contributed by atoms with Gasteiger partial charge in [0.2, 0.25) is 11.7 Å². The molecule has 3 rings (SSSR count). The third kappa shape index (κ3) is 9.68. The van der Waals surface area contributed by atoms with E-state index in [2.05, 4.69) is 31.3 Å². The van der Waals surface area contributed by atoms with Crippen LogP contribution < -0.4 is 21.1 Å². The number of alkyl halides is 5. The highest BCUT2D eigenvalue weighted by Gasteiger charge is 2.34. The lowest BCUT2D eigenvalue weighted by atomic mass is 9.85. The minimum absolute atomic E-state index is 0.0108. The van der Waals surface area contributed by atoms with E-state index in [1.54, 1.807) is 20.8 Å². The van der Waals surface area contributed by atoms with Gasteiger partial charge in [0.25, 0.3) is 5.91 Å². The summed E-state index contributed by atoms with van der Waals surface area (Å²) in [6.45, 7) is 4.86. The molecule has 0 aliphatic rings. The standard InChI is InChI=1S/C29H24BrCl3F5N3O4/c1-27(2,3)18-10-20(34)24(45-26(39)44)22(35)23(18)41-25(43)17-9-16(4-5-19(17)31)40-21(42)12-28(32,33)11-13-6-14(29(36,37)38)8-15(30)7-13/h4-10H,11-12H2,1-3H3,(H2,39,44)(H,40,42)(H,41,43). The Labute approximate surface area is 277 Å². The van der Waals surface area contributed by atoms with Crippen molar-refractivity contribution in [2.75, 3.05) is 10.6 Å². The monoisotopic (exact) mass is 757 g/mol. The lowest BCUT2D eigenvalue weighted by Gasteiger charge is -2.25. The van der Waals surface area contributed by atoms with Crippen LogP contribution in [-0.4, -0.2) is 22.2 Å². The Morgan fingerprint density at radius 2 is 1.62 bits per heavy atom. The van der Waals surface area contributed by atoms with Crippen LogP contribution in [-0.2, 0) is 22.8 Å². The van der Waals surface area contributed by atoms with Crippen LogP contribution in [0.25, 0.3) is 0 Å². The predicted octanol–water partition coefficient (Wildman–Crippen LogP) is 9.15. The van der Waals surface area contributed by atoms with Gasteiger partial charge in [-0.05, 0) is 59.0 Å². The molecule has 0 aliphatic heterocycles. The Balaban J connectivity index is 1.83. The average Bonchev–Trinajstić information content (AvgIpc) is 2.86. The number of primary amides is 1. The Kier molecular flexibility index (Phi) is 11.1. The number of carbonyl (C=O) groups is 3. The fraction of sp³-hybridized carbons (Fsp3) is 0.276. The van der Waals surface area contributed by atoms with Crippen LogP contribution in [0, 0.1) is 11.6 Å². The molecule has 0 radical (unpaired) electrons. The van der Waals surface area contributed by atoms with Gasteiger partial charge < -0.3 is 21.1 Å². The van der Waals surface area contributed by atoms with Crippen LogP contribution in [0.4, 0.5) is 38.1 Å². The molecule has 0 saturated heterocycles. The number of nitrogens with two attached hydrogens (primary N) is 1. The lowest BCUT2D eigenvalue weighted by Crippen LogP contribution is -2.26. The topological polar surface area (TPSA) is 111 Å². The van der Waals surface area contributed by atoms with Gasteiger partial charge in [-0.1, -0.05) is 48.3 Å². The van der Waals surface area contributed by atoms with Crippen molar-refractivity contribution in [2.24, 2.45) is 5.73 Å². The van der Waals surface area contributed by atoms with Gasteiger partial charge in [0, 0.05) is 16.6 Å². The first-order chi connectivity index (χ1) is 20.6. The van der Waals surface area contributed by atoms with E-state index in [4.69, 9.17) is 40.5 Å². The highest BCUT2D eigenvalue weighted by molar-refractivity contribution is 9.10. The van der Waals surface area contributed by atoms with Gasteiger partial charge in [-0.3, -0.25) is 9.59 Å². The van der Waals surface area contributed by atoms with Crippen LogP contribution in [0.3, 0.4) is 0 Å². The zero-order chi connectivity index (χ0) is 34.1. The maximum absolute atomic E-state index is 15.4. The molecule has 45 heavy (non-hydrogen) atoms. The number of anilines is 2. The Bertz CT molecular complexity index is 1660. The predicted molar refractivity (Wildman–Crippen MR) is 165 cm³/mol. The van der Waals surface area contributed by atoms with Crippen molar-refractivity contribution in [1.29, 1.82) is 0 Å². The van der Waals surface area contributed by atoms with Gasteiger partial charge in [0.1, 0.15) is 4.33 Å². The summed E-state index contributed by atoms with van der Waals surface area (Å²) < 4.78 is 72.3. The number of nitrogens with one attached hydrogen (secondary N) is 2. The Morgan fingerprint density at radius 1 is 0.978 bits per heavy atom. The number of carbonyl (C=O) groups excluding carboxylic acids is 3. The Hall–Kier alpha value is -3.13. The second-order valence-electron chi connectivity index (χ2n) is 10.8. The van der Waals surface area contributed by atoms with Crippen molar-refractivity contribution >= 4 is 80.0 Å². The molecule has 0 spiro atoms. The van der Waals surface area contributed by atoms with E-state index in [1.807, 2.05) is 0 Å². The molecule has 3 aromatic carbocycles. The minimum atomic E-state index is -4.62. The molecule has 0 aromatic heterocycles. The number of rotatable bonds is 8. The molecule has 242 valence electrons.